The zero-order valence-electron chi connectivity index (χ0n) is 15.1. The summed E-state index contributed by atoms with van der Waals surface area (Å²) in [5, 5.41) is 19.5. The second kappa shape index (κ2) is 9.97. The zero-order chi connectivity index (χ0) is 18.0. The molecule has 2 unspecified atom stereocenters. The van der Waals surface area contributed by atoms with Crippen LogP contribution in [0.4, 0.5) is 0 Å². The lowest BCUT2D eigenvalue weighted by Gasteiger charge is -2.19. The van der Waals surface area contributed by atoms with Gasteiger partial charge in [0.2, 0.25) is 5.91 Å². The van der Waals surface area contributed by atoms with Crippen molar-refractivity contribution in [1.29, 1.82) is 0 Å². The highest BCUT2D eigenvalue weighted by Crippen LogP contribution is 2.20. The van der Waals surface area contributed by atoms with Gasteiger partial charge in [-0.2, -0.15) is 0 Å². The van der Waals surface area contributed by atoms with Crippen LogP contribution in [0.5, 0.6) is 0 Å². The van der Waals surface area contributed by atoms with Gasteiger partial charge < -0.3 is 25.5 Å². The van der Waals surface area contributed by atoms with Crippen molar-refractivity contribution >= 4 is 11.9 Å². The molecule has 2 atom stereocenters. The third-order valence-electron chi connectivity index (χ3n) is 3.61. The van der Waals surface area contributed by atoms with Crippen LogP contribution in [-0.2, 0) is 10.4 Å². The molecule has 0 bridgehead atoms. The molecule has 7 nitrogen and oxygen atoms in total. The summed E-state index contributed by atoms with van der Waals surface area (Å²) >= 11 is 0. The first-order chi connectivity index (χ1) is 11.4. The predicted octanol–water partition coefficient (Wildman–Crippen LogP) is 1.35. The highest BCUT2D eigenvalue weighted by Gasteiger charge is 2.26. The van der Waals surface area contributed by atoms with Crippen LogP contribution >= 0.6 is 0 Å². The Bertz CT molecular complexity index is 512. The van der Waals surface area contributed by atoms with Gasteiger partial charge >= 0.3 is 0 Å². The smallest absolute Gasteiger partial charge is 0.221 e. The molecule has 24 heavy (non-hydrogen) atoms. The standard InChI is InChI=1S/C17H30N4O3/c1-5-13(3)21-15(22)9-10-19-16(18-6-2)20-12-17(4,23)14-8-7-11-24-14/h7-8,11,13,23H,5-6,9-10,12H2,1-4H3,(H,21,22)(H2,18,19,20). The zero-order valence-corrected chi connectivity index (χ0v) is 15.1. The molecule has 1 rings (SSSR count). The lowest BCUT2D eigenvalue weighted by Crippen LogP contribution is -2.41. The molecular formula is C17H30N4O3. The summed E-state index contributed by atoms with van der Waals surface area (Å²) in [6.07, 6.45) is 2.79. The molecule has 1 heterocycles. The fourth-order valence-electron chi connectivity index (χ4n) is 1.98. The van der Waals surface area contributed by atoms with E-state index in [0.29, 0.717) is 31.2 Å². The monoisotopic (exact) mass is 338 g/mol. The lowest BCUT2D eigenvalue weighted by atomic mass is 10.0. The number of hydrogen-bond donors (Lipinski definition) is 4. The van der Waals surface area contributed by atoms with Gasteiger partial charge in [0.25, 0.3) is 0 Å². The number of carbonyl (C=O) groups excluding carboxylic acids is 1. The minimum atomic E-state index is -1.18. The van der Waals surface area contributed by atoms with E-state index in [1.54, 1.807) is 19.1 Å². The summed E-state index contributed by atoms with van der Waals surface area (Å²) in [5.41, 5.74) is -1.18. The maximum absolute atomic E-state index is 11.8. The molecule has 1 aromatic heterocycles. The number of carbonyl (C=O) groups is 1. The Morgan fingerprint density at radius 3 is 2.75 bits per heavy atom. The van der Waals surface area contributed by atoms with Gasteiger partial charge in [-0.1, -0.05) is 6.92 Å². The maximum atomic E-state index is 11.8. The van der Waals surface area contributed by atoms with Crippen LogP contribution in [0.2, 0.25) is 0 Å². The molecule has 0 aromatic carbocycles. The van der Waals surface area contributed by atoms with Gasteiger partial charge in [-0.25, -0.2) is 4.99 Å². The van der Waals surface area contributed by atoms with Crippen molar-refractivity contribution in [2.24, 2.45) is 4.99 Å². The minimum Gasteiger partial charge on any atom is -0.466 e. The Hall–Kier alpha value is -2.02. The minimum absolute atomic E-state index is 0.00952. The summed E-state index contributed by atoms with van der Waals surface area (Å²) in [5.74, 6) is 1.03. The van der Waals surface area contributed by atoms with Crippen LogP contribution in [0.3, 0.4) is 0 Å². The Labute approximate surface area is 143 Å². The quantitative estimate of drug-likeness (QED) is 0.402. The van der Waals surface area contributed by atoms with Crippen LogP contribution in [-0.4, -0.2) is 42.6 Å². The van der Waals surface area contributed by atoms with Crippen molar-refractivity contribution in [2.75, 3.05) is 19.6 Å². The summed E-state index contributed by atoms with van der Waals surface area (Å²) in [6, 6.07) is 3.63. The van der Waals surface area contributed by atoms with E-state index in [0.717, 1.165) is 6.42 Å². The molecule has 0 saturated heterocycles. The van der Waals surface area contributed by atoms with Crippen LogP contribution in [0.1, 0.15) is 46.3 Å². The van der Waals surface area contributed by atoms with Crippen molar-refractivity contribution in [3.05, 3.63) is 24.2 Å². The number of aliphatic imine (C=N–C) groups is 1. The number of guanidine groups is 1. The van der Waals surface area contributed by atoms with Gasteiger partial charge in [-0.3, -0.25) is 4.79 Å². The molecule has 0 aliphatic heterocycles. The molecule has 136 valence electrons. The molecule has 0 aliphatic carbocycles. The number of rotatable bonds is 9. The van der Waals surface area contributed by atoms with E-state index in [1.165, 1.54) is 6.26 Å². The average molecular weight is 338 g/mol. The topological polar surface area (TPSA) is 98.9 Å². The van der Waals surface area contributed by atoms with E-state index in [1.807, 2.05) is 20.8 Å². The molecule has 0 saturated carbocycles. The van der Waals surface area contributed by atoms with E-state index in [4.69, 9.17) is 4.42 Å². The van der Waals surface area contributed by atoms with Crippen LogP contribution in [0.25, 0.3) is 0 Å². The van der Waals surface area contributed by atoms with E-state index in [-0.39, 0.29) is 18.5 Å². The summed E-state index contributed by atoms with van der Waals surface area (Å²) < 4.78 is 5.24. The first-order valence-corrected chi connectivity index (χ1v) is 8.47. The summed E-state index contributed by atoms with van der Waals surface area (Å²) in [6.45, 7) is 8.92. The average Bonchev–Trinajstić information content (AvgIpc) is 3.07. The van der Waals surface area contributed by atoms with Gasteiger partial charge in [-0.15, -0.1) is 0 Å². The molecule has 0 fully saturated rings. The molecule has 4 N–H and O–H groups in total. The molecule has 1 aromatic rings. The molecular weight excluding hydrogens is 308 g/mol. The van der Waals surface area contributed by atoms with E-state index < -0.39 is 5.60 Å². The fraction of sp³-hybridized carbons (Fsp3) is 0.647. The predicted molar refractivity (Wildman–Crippen MR) is 94.8 cm³/mol. The van der Waals surface area contributed by atoms with Crippen molar-refractivity contribution < 1.29 is 14.3 Å². The third-order valence-corrected chi connectivity index (χ3v) is 3.61. The number of nitrogens with zero attached hydrogens (tertiary/aromatic N) is 1. The molecule has 0 radical (unpaired) electrons. The van der Waals surface area contributed by atoms with Crippen molar-refractivity contribution in [1.82, 2.24) is 16.0 Å². The van der Waals surface area contributed by atoms with E-state index in [9.17, 15) is 9.90 Å². The highest BCUT2D eigenvalue weighted by molar-refractivity contribution is 5.81. The Balaban J connectivity index is 2.49. The van der Waals surface area contributed by atoms with E-state index >= 15 is 0 Å². The first kappa shape index (κ1) is 20.0. The maximum Gasteiger partial charge on any atom is 0.221 e. The molecule has 0 spiro atoms. The van der Waals surface area contributed by atoms with Crippen molar-refractivity contribution in [3.8, 4) is 0 Å². The van der Waals surface area contributed by atoms with Crippen LogP contribution in [0, 0.1) is 0 Å². The summed E-state index contributed by atoms with van der Waals surface area (Å²) in [4.78, 5) is 16.1. The number of hydrogen-bond acceptors (Lipinski definition) is 4. The number of nitrogens with one attached hydrogen (secondary N) is 3. The van der Waals surface area contributed by atoms with Crippen LogP contribution < -0.4 is 16.0 Å². The van der Waals surface area contributed by atoms with Gasteiger partial charge in [0.15, 0.2) is 5.96 Å². The summed E-state index contributed by atoms with van der Waals surface area (Å²) in [7, 11) is 0. The molecule has 0 aliphatic rings. The lowest BCUT2D eigenvalue weighted by molar-refractivity contribution is -0.121. The van der Waals surface area contributed by atoms with Gasteiger partial charge in [0.1, 0.15) is 11.4 Å². The van der Waals surface area contributed by atoms with Crippen molar-refractivity contribution in [3.63, 3.8) is 0 Å². The second-order valence-electron chi connectivity index (χ2n) is 6.00. The Morgan fingerprint density at radius 1 is 1.42 bits per heavy atom. The van der Waals surface area contributed by atoms with Crippen LogP contribution in [0.15, 0.2) is 27.8 Å². The first-order valence-electron chi connectivity index (χ1n) is 8.47. The second-order valence-corrected chi connectivity index (χ2v) is 6.00. The Morgan fingerprint density at radius 2 is 2.17 bits per heavy atom. The third kappa shape index (κ3) is 7.04. The highest BCUT2D eigenvalue weighted by atomic mass is 16.4. The fourth-order valence-corrected chi connectivity index (χ4v) is 1.98. The number of furan rings is 1. The number of aliphatic hydroxyl groups is 1. The van der Waals surface area contributed by atoms with Gasteiger partial charge in [0.05, 0.1) is 12.8 Å². The number of amides is 1. The van der Waals surface area contributed by atoms with E-state index in [2.05, 4.69) is 20.9 Å². The van der Waals surface area contributed by atoms with Gasteiger partial charge in [0, 0.05) is 25.6 Å². The Kier molecular flexibility index (Phi) is 8.32. The molecule has 1 amide bonds. The SMILES string of the molecule is CCNC(=NCC(C)(O)c1ccco1)NCCC(=O)NC(C)CC. The normalized spacial score (nSPS) is 15.5. The van der Waals surface area contributed by atoms with Crippen molar-refractivity contribution in [2.45, 2.75) is 52.2 Å². The largest absolute Gasteiger partial charge is 0.466 e. The molecule has 7 heteroatoms. The van der Waals surface area contributed by atoms with Gasteiger partial charge in [-0.05, 0) is 39.3 Å².